The minimum atomic E-state index is -0.364. The zero-order valence-corrected chi connectivity index (χ0v) is 21.0. The predicted octanol–water partition coefficient (Wildman–Crippen LogP) is 7.04. The predicted molar refractivity (Wildman–Crippen MR) is 132 cm³/mol. The number of aryl methyl sites for hydroxylation is 1. The van der Waals surface area contributed by atoms with E-state index < -0.39 is 0 Å². The standard InChI is InChI=1S/C24H20BrCl2N3O3/c1-14-23(15(2)30(29-14)12-16-7-8-17(26)11-20(16)27)28-24(31)22-10-9-18(33-22)13-32-21-6-4-3-5-19(21)25/h3-11H,12-13H2,1-2H3,(H,28,31). The number of amides is 1. The second kappa shape index (κ2) is 10.0. The number of para-hydroxylation sites is 1. The van der Waals surface area contributed by atoms with Crippen molar-refractivity contribution in [2.24, 2.45) is 0 Å². The lowest BCUT2D eigenvalue weighted by molar-refractivity contribution is 0.0992. The summed E-state index contributed by atoms with van der Waals surface area (Å²) in [6.45, 7) is 4.38. The maximum atomic E-state index is 12.8. The SMILES string of the molecule is Cc1nn(Cc2ccc(Cl)cc2Cl)c(C)c1NC(=O)c1ccc(COc2ccccc2Br)o1. The van der Waals surface area contributed by atoms with E-state index in [1.807, 2.05) is 44.2 Å². The smallest absolute Gasteiger partial charge is 0.291 e. The summed E-state index contributed by atoms with van der Waals surface area (Å²) < 4.78 is 14.1. The minimum Gasteiger partial charge on any atom is -0.484 e. The van der Waals surface area contributed by atoms with Crippen molar-refractivity contribution in [2.75, 3.05) is 5.32 Å². The highest BCUT2D eigenvalue weighted by Gasteiger charge is 2.18. The highest BCUT2D eigenvalue weighted by atomic mass is 79.9. The third-order valence-electron chi connectivity index (χ3n) is 5.05. The molecule has 2 aromatic heterocycles. The fourth-order valence-electron chi connectivity index (χ4n) is 3.31. The summed E-state index contributed by atoms with van der Waals surface area (Å²) >= 11 is 15.7. The number of furan rings is 1. The van der Waals surface area contributed by atoms with E-state index in [9.17, 15) is 4.79 Å². The molecule has 0 saturated carbocycles. The second-order valence-corrected chi connectivity index (χ2v) is 9.08. The number of rotatable bonds is 7. The van der Waals surface area contributed by atoms with E-state index in [1.54, 1.807) is 28.9 Å². The molecule has 4 rings (SSSR count). The van der Waals surface area contributed by atoms with Gasteiger partial charge in [0.1, 0.15) is 18.1 Å². The fourth-order valence-corrected chi connectivity index (χ4v) is 4.17. The summed E-state index contributed by atoms with van der Waals surface area (Å²) in [5.41, 5.74) is 3.00. The highest BCUT2D eigenvalue weighted by Crippen LogP contribution is 2.27. The number of ether oxygens (including phenoxy) is 1. The van der Waals surface area contributed by atoms with Crippen molar-refractivity contribution in [3.63, 3.8) is 0 Å². The number of carbonyl (C=O) groups excluding carboxylic acids is 1. The number of hydrogen-bond donors (Lipinski definition) is 1. The molecule has 33 heavy (non-hydrogen) atoms. The quantitative estimate of drug-likeness (QED) is 0.269. The first kappa shape index (κ1) is 23.4. The molecular formula is C24H20BrCl2N3O3. The molecule has 2 aromatic carbocycles. The molecule has 0 aliphatic rings. The molecule has 1 N–H and O–H groups in total. The van der Waals surface area contributed by atoms with E-state index in [1.165, 1.54) is 0 Å². The van der Waals surface area contributed by atoms with Gasteiger partial charge in [0.15, 0.2) is 5.76 Å². The van der Waals surface area contributed by atoms with Gasteiger partial charge in [0, 0.05) is 10.0 Å². The maximum Gasteiger partial charge on any atom is 0.291 e. The number of halogens is 3. The summed E-state index contributed by atoms with van der Waals surface area (Å²) in [4.78, 5) is 12.8. The van der Waals surface area contributed by atoms with Gasteiger partial charge in [0.25, 0.3) is 5.91 Å². The van der Waals surface area contributed by atoms with Crippen molar-refractivity contribution in [3.05, 3.63) is 97.6 Å². The third-order valence-corrected chi connectivity index (χ3v) is 6.29. The molecule has 0 atom stereocenters. The number of nitrogens with zero attached hydrogens (tertiary/aromatic N) is 2. The lowest BCUT2D eigenvalue weighted by atomic mass is 10.2. The van der Waals surface area contributed by atoms with Crippen molar-refractivity contribution in [3.8, 4) is 5.75 Å². The van der Waals surface area contributed by atoms with Crippen molar-refractivity contribution in [1.29, 1.82) is 0 Å². The Balaban J connectivity index is 1.44. The summed E-state index contributed by atoms with van der Waals surface area (Å²) in [5, 5.41) is 8.59. The van der Waals surface area contributed by atoms with Crippen LogP contribution >= 0.6 is 39.1 Å². The van der Waals surface area contributed by atoms with Gasteiger partial charge in [-0.2, -0.15) is 5.10 Å². The van der Waals surface area contributed by atoms with Gasteiger partial charge in [-0.3, -0.25) is 9.48 Å². The molecule has 0 aliphatic heterocycles. The van der Waals surface area contributed by atoms with Crippen LogP contribution in [0.25, 0.3) is 0 Å². The van der Waals surface area contributed by atoms with Crippen LogP contribution in [-0.2, 0) is 13.2 Å². The molecule has 6 nitrogen and oxygen atoms in total. The number of hydrogen-bond acceptors (Lipinski definition) is 4. The molecule has 0 fully saturated rings. The number of aromatic nitrogens is 2. The fraction of sp³-hybridized carbons (Fsp3) is 0.167. The third kappa shape index (κ3) is 5.43. The Morgan fingerprint density at radius 1 is 1.15 bits per heavy atom. The first-order chi connectivity index (χ1) is 15.8. The average molecular weight is 549 g/mol. The molecule has 0 unspecified atom stereocenters. The number of carbonyl (C=O) groups is 1. The molecule has 0 bridgehead atoms. The van der Waals surface area contributed by atoms with Gasteiger partial charge in [-0.05, 0) is 71.7 Å². The summed E-state index contributed by atoms with van der Waals surface area (Å²) in [6.07, 6.45) is 0. The van der Waals surface area contributed by atoms with Crippen LogP contribution in [0.2, 0.25) is 10.0 Å². The Hall–Kier alpha value is -2.74. The summed E-state index contributed by atoms with van der Waals surface area (Å²) in [6, 6.07) is 16.2. The Kier molecular flexibility index (Phi) is 7.12. The maximum absolute atomic E-state index is 12.8. The van der Waals surface area contributed by atoms with Gasteiger partial charge in [-0.1, -0.05) is 41.4 Å². The zero-order valence-electron chi connectivity index (χ0n) is 17.9. The highest BCUT2D eigenvalue weighted by molar-refractivity contribution is 9.10. The topological polar surface area (TPSA) is 69.3 Å². The normalized spacial score (nSPS) is 10.9. The van der Waals surface area contributed by atoms with Gasteiger partial charge < -0.3 is 14.5 Å². The summed E-state index contributed by atoms with van der Waals surface area (Å²) in [7, 11) is 0. The van der Waals surface area contributed by atoms with Crippen molar-refractivity contribution in [2.45, 2.75) is 27.0 Å². The number of anilines is 1. The number of nitrogens with one attached hydrogen (secondary N) is 1. The molecular weight excluding hydrogens is 529 g/mol. The summed E-state index contributed by atoms with van der Waals surface area (Å²) in [5.74, 6) is 1.06. The van der Waals surface area contributed by atoms with Crippen molar-refractivity contribution >= 4 is 50.7 Å². The largest absolute Gasteiger partial charge is 0.484 e. The van der Waals surface area contributed by atoms with Gasteiger partial charge in [-0.25, -0.2) is 0 Å². The molecule has 0 saturated heterocycles. The van der Waals surface area contributed by atoms with Gasteiger partial charge in [0.2, 0.25) is 0 Å². The molecule has 0 aliphatic carbocycles. The monoisotopic (exact) mass is 547 g/mol. The van der Waals surface area contributed by atoms with Gasteiger partial charge >= 0.3 is 0 Å². The second-order valence-electron chi connectivity index (χ2n) is 7.38. The molecule has 0 radical (unpaired) electrons. The van der Waals surface area contributed by atoms with Gasteiger partial charge in [0.05, 0.1) is 28.1 Å². The van der Waals surface area contributed by atoms with Crippen LogP contribution in [0, 0.1) is 13.8 Å². The Labute approximate surface area is 209 Å². The van der Waals surface area contributed by atoms with E-state index in [2.05, 4.69) is 26.3 Å². The minimum absolute atomic E-state index is 0.188. The molecule has 1 amide bonds. The van der Waals surface area contributed by atoms with Crippen LogP contribution in [0.3, 0.4) is 0 Å². The van der Waals surface area contributed by atoms with E-state index >= 15 is 0 Å². The van der Waals surface area contributed by atoms with Crippen molar-refractivity contribution < 1.29 is 13.9 Å². The Morgan fingerprint density at radius 3 is 2.70 bits per heavy atom. The lowest BCUT2D eigenvalue weighted by Crippen LogP contribution is -2.12. The lowest BCUT2D eigenvalue weighted by Gasteiger charge is -2.08. The average Bonchev–Trinajstić information content (AvgIpc) is 3.35. The van der Waals surface area contributed by atoms with E-state index in [0.717, 1.165) is 15.7 Å². The number of benzene rings is 2. The van der Waals surface area contributed by atoms with E-state index in [4.69, 9.17) is 32.4 Å². The van der Waals surface area contributed by atoms with Crippen LogP contribution in [0.4, 0.5) is 5.69 Å². The molecule has 170 valence electrons. The van der Waals surface area contributed by atoms with Crippen LogP contribution in [0.1, 0.15) is 33.3 Å². The molecule has 2 heterocycles. The van der Waals surface area contributed by atoms with Crippen LogP contribution in [0.15, 0.2) is 63.5 Å². The molecule has 0 spiro atoms. The van der Waals surface area contributed by atoms with Crippen LogP contribution < -0.4 is 10.1 Å². The Morgan fingerprint density at radius 2 is 1.94 bits per heavy atom. The van der Waals surface area contributed by atoms with Gasteiger partial charge in [-0.15, -0.1) is 0 Å². The van der Waals surface area contributed by atoms with E-state index in [-0.39, 0.29) is 18.3 Å². The first-order valence-corrected chi connectivity index (χ1v) is 11.6. The molecule has 9 heteroatoms. The van der Waals surface area contributed by atoms with E-state index in [0.29, 0.717) is 39.5 Å². The van der Waals surface area contributed by atoms with Crippen LogP contribution in [0.5, 0.6) is 5.75 Å². The molecule has 4 aromatic rings. The van der Waals surface area contributed by atoms with Crippen LogP contribution in [-0.4, -0.2) is 15.7 Å². The zero-order chi connectivity index (χ0) is 23.5. The van der Waals surface area contributed by atoms with Crippen molar-refractivity contribution in [1.82, 2.24) is 9.78 Å². The Bertz CT molecular complexity index is 1320. The first-order valence-electron chi connectivity index (χ1n) is 10.1.